The average molecular weight is 291 g/mol. The summed E-state index contributed by atoms with van der Waals surface area (Å²) in [5, 5.41) is 0. The molecule has 1 radical (unpaired) electrons. The van der Waals surface area contributed by atoms with Crippen LogP contribution >= 0.6 is 0 Å². The van der Waals surface area contributed by atoms with Crippen molar-refractivity contribution in [1.82, 2.24) is 4.90 Å². The largest absolute Gasteiger partial charge is 0.404 e. The Morgan fingerprint density at radius 3 is 2.35 bits per heavy atom. The van der Waals surface area contributed by atoms with E-state index in [1.54, 1.807) is 0 Å². The molecule has 111 valence electrons. The fourth-order valence-electron chi connectivity index (χ4n) is 3.13. The number of rotatable bonds is 4. The molecular weight excluding hydrogens is 262 g/mol. The lowest BCUT2D eigenvalue weighted by Crippen LogP contribution is -2.29. The molecule has 2 nitrogen and oxygen atoms in total. The second-order valence-electron chi connectivity index (χ2n) is 7.21. The van der Waals surface area contributed by atoms with Crippen LogP contribution in [0.25, 0.3) is 0 Å². The van der Waals surface area contributed by atoms with E-state index in [0.29, 0.717) is 17.3 Å². The van der Waals surface area contributed by atoms with Crippen LogP contribution in [-0.2, 0) is 4.43 Å². The number of nitrogens with zero attached hydrogens (tertiary/aromatic N) is 1. The molecule has 3 heteroatoms. The van der Waals surface area contributed by atoms with E-state index in [0.717, 1.165) is 19.8 Å². The Labute approximate surface area is 125 Å². The van der Waals surface area contributed by atoms with Crippen molar-refractivity contribution < 1.29 is 4.43 Å². The van der Waals surface area contributed by atoms with Gasteiger partial charge < -0.3 is 4.43 Å². The third-order valence-electron chi connectivity index (χ3n) is 4.27. The summed E-state index contributed by atoms with van der Waals surface area (Å²) in [6.07, 6.45) is 0. The molecule has 2 rings (SSSR count). The molecule has 0 aromatic heterocycles. The second kappa shape index (κ2) is 6.42. The van der Waals surface area contributed by atoms with Gasteiger partial charge in [-0.3, -0.25) is 4.90 Å². The van der Waals surface area contributed by atoms with Crippen molar-refractivity contribution in [3.8, 4) is 0 Å². The maximum atomic E-state index is 5.90. The summed E-state index contributed by atoms with van der Waals surface area (Å²) in [6, 6.07) is 11.0. The van der Waals surface area contributed by atoms with Crippen LogP contribution in [0.1, 0.15) is 32.3 Å². The maximum Gasteiger partial charge on any atom is 0.206 e. The molecule has 20 heavy (non-hydrogen) atoms. The van der Waals surface area contributed by atoms with Crippen LogP contribution in [0.2, 0.25) is 13.1 Å². The van der Waals surface area contributed by atoms with Crippen LogP contribution in [0, 0.1) is 11.3 Å². The zero-order valence-corrected chi connectivity index (χ0v) is 14.5. The van der Waals surface area contributed by atoms with E-state index in [2.05, 4.69) is 69.1 Å². The van der Waals surface area contributed by atoms with Crippen molar-refractivity contribution in [2.45, 2.75) is 39.8 Å². The minimum absolute atomic E-state index is 0.335. The lowest BCUT2D eigenvalue weighted by molar-refractivity contribution is 0.136. The van der Waals surface area contributed by atoms with Gasteiger partial charge in [0.1, 0.15) is 0 Å². The molecule has 0 unspecified atom stereocenters. The number of benzene rings is 1. The normalized spacial score (nSPS) is 24.5. The van der Waals surface area contributed by atoms with Gasteiger partial charge in [0.05, 0.1) is 6.73 Å². The van der Waals surface area contributed by atoms with E-state index in [1.165, 1.54) is 5.56 Å². The van der Waals surface area contributed by atoms with Gasteiger partial charge in [-0.25, -0.2) is 0 Å². The predicted molar refractivity (Wildman–Crippen MR) is 87.1 cm³/mol. The van der Waals surface area contributed by atoms with E-state index in [1.807, 2.05) is 0 Å². The summed E-state index contributed by atoms with van der Waals surface area (Å²) < 4.78 is 5.90. The molecule has 2 atom stereocenters. The standard InChI is InChI=1S/C17H28NOSi/c1-17(2,3)16-12-18(13-19-20(4)5)11-15(16)14-9-7-6-8-10-14/h6-10,15-16H,11-13H2,1-5H3/t15-,16-/m1/s1. The summed E-state index contributed by atoms with van der Waals surface area (Å²) in [5.74, 6) is 1.32. The zero-order chi connectivity index (χ0) is 14.8. The van der Waals surface area contributed by atoms with Crippen molar-refractivity contribution in [2.24, 2.45) is 11.3 Å². The Morgan fingerprint density at radius 1 is 1.15 bits per heavy atom. The molecule has 1 aliphatic heterocycles. The molecule has 0 bridgehead atoms. The summed E-state index contributed by atoms with van der Waals surface area (Å²) in [7, 11) is -0.597. The summed E-state index contributed by atoms with van der Waals surface area (Å²) in [5.41, 5.74) is 1.81. The van der Waals surface area contributed by atoms with Crippen LogP contribution in [-0.4, -0.2) is 33.8 Å². The van der Waals surface area contributed by atoms with Crippen LogP contribution < -0.4 is 0 Å². The van der Waals surface area contributed by atoms with Crippen molar-refractivity contribution >= 4 is 9.04 Å². The first-order valence-electron chi connectivity index (χ1n) is 7.58. The average Bonchev–Trinajstić information content (AvgIpc) is 2.81. The van der Waals surface area contributed by atoms with Gasteiger partial charge in [-0.1, -0.05) is 51.1 Å². The smallest absolute Gasteiger partial charge is 0.206 e. The first-order valence-corrected chi connectivity index (χ1v) is 9.99. The highest BCUT2D eigenvalue weighted by molar-refractivity contribution is 6.48. The van der Waals surface area contributed by atoms with Gasteiger partial charge in [-0.2, -0.15) is 0 Å². The van der Waals surface area contributed by atoms with Crippen LogP contribution in [0.5, 0.6) is 0 Å². The van der Waals surface area contributed by atoms with E-state index in [4.69, 9.17) is 4.43 Å². The molecule has 0 N–H and O–H groups in total. The first-order chi connectivity index (χ1) is 9.38. The SMILES string of the molecule is C[Si](C)OCN1C[C@H](c2ccccc2)[C@H](C(C)(C)C)C1. The monoisotopic (exact) mass is 290 g/mol. The van der Waals surface area contributed by atoms with Gasteiger partial charge in [0.15, 0.2) is 0 Å². The van der Waals surface area contributed by atoms with E-state index < -0.39 is 9.04 Å². The van der Waals surface area contributed by atoms with Crippen LogP contribution in [0.3, 0.4) is 0 Å². The Hall–Kier alpha value is -0.643. The Morgan fingerprint density at radius 2 is 1.80 bits per heavy atom. The quantitative estimate of drug-likeness (QED) is 0.778. The Balaban J connectivity index is 2.12. The molecule has 1 aromatic carbocycles. The molecule has 1 fully saturated rings. The fourth-order valence-corrected chi connectivity index (χ4v) is 3.57. The van der Waals surface area contributed by atoms with Gasteiger partial charge in [0, 0.05) is 19.0 Å². The number of hydrogen-bond acceptors (Lipinski definition) is 2. The van der Waals surface area contributed by atoms with Crippen molar-refractivity contribution in [3.05, 3.63) is 35.9 Å². The second-order valence-corrected chi connectivity index (χ2v) is 9.31. The summed E-state index contributed by atoms with van der Waals surface area (Å²) in [6.45, 7) is 14.6. The third-order valence-corrected chi connectivity index (χ3v) is 4.98. The molecule has 0 aliphatic carbocycles. The summed E-state index contributed by atoms with van der Waals surface area (Å²) >= 11 is 0. The first kappa shape index (κ1) is 15.7. The highest BCUT2D eigenvalue weighted by Gasteiger charge is 2.40. The van der Waals surface area contributed by atoms with Crippen molar-refractivity contribution in [3.63, 3.8) is 0 Å². The van der Waals surface area contributed by atoms with E-state index in [9.17, 15) is 0 Å². The van der Waals surface area contributed by atoms with Gasteiger partial charge in [-0.05, 0) is 30.0 Å². The zero-order valence-electron chi connectivity index (χ0n) is 13.5. The maximum absolute atomic E-state index is 5.90. The molecule has 1 saturated heterocycles. The lowest BCUT2D eigenvalue weighted by atomic mass is 9.73. The number of likely N-dealkylation sites (tertiary alicyclic amines) is 1. The van der Waals surface area contributed by atoms with Crippen molar-refractivity contribution in [1.29, 1.82) is 0 Å². The van der Waals surface area contributed by atoms with Crippen LogP contribution in [0.4, 0.5) is 0 Å². The predicted octanol–water partition coefficient (Wildman–Crippen LogP) is 3.97. The van der Waals surface area contributed by atoms with Gasteiger partial charge in [-0.15, -0.1) is 0 Å². The topological polar surface area (TPSA) is 12.5 Å². The molecule has 0 saturated carbocycles. The third kappa shape index (κ3) is 3.93. The minimum atomic E-state index is -0.597. The molecule has 1 aromatic rings. The minimum Gasteiger partial charge on any atom is -0.404 e. The van der Waals surface area contributed by atoms with Gasteiger partial charge >= 0.3 is 0 Å². The van der Waals surface area contributed by atoms with E-state index >= 15 is 0 Å². The highest BCUT2D eigenvalue weighted by Crippen LogP contribution is 2.42. The fraction of sp³-hybridized carbons (Fsp3) is 0.647. The van der Waals surface area contributed by atoms with Gasteiger partial charge in [0.2, 0.25) is 9.04 Å². The number of hydrogen-bond donors (Lipinski definition) is 0. The Kier molecular flexibility index (Phi) is 5.05. The van der Waals surface area contributed by atoms with Crippen LogP contribution in [0.15, 0.2) is 30.3 Å². The summed E-state index contributed by atoms with van der Waals surface area (Å²) in [4.78, 5) is 2.49. The molecule has 1 aliphatic rings. The van der Waals surface area contributed by atoms with Crippen molar-refractivity contribution in [2.75, 3.05) is 19.8 Å². The van der Waals surface area contributed by atoms with Gasteiger partial charge in [0.25, 0.3) is 0 Å². The molecule has 1 heterocycles. The molecule has 0 amide bonds. The molecule has 0 spiro atoms. The molecular formula is C17H28NOSi. The highest BCUT2D eigenvalue weighted by atomic mass is 28.3. The lowest BCUT2D eigenvalue weighted by Gasteiger charge is -2.32. The Bertz CT molecular complexity index is 413. The van der Waals surface area contributed by atoms with E-state index in [-0.39, 0.29) is 0 Å².